The van der Waals surface area contributed by atoms with Crippen LogP contribution in [0.3, 0.4) is 0 Å². The van der Waals surface area contributed by atoms with Crippen LogP contribution in [0, 0.1) is 11.8 Å². The number of alkyl halides is 3. The molecule has 9 nitrogen and oxygen atoms in total. The SMILES string of the molecule is CN(C)[C@@H](c1ccccc1-c1ccc(Cl)cc1)C1CCN(c2ccc(C(=O)CS(=O)(=O)c3ccc(C[C@H](CCN4CCOCC4)CSc4ccccc4)c(S(=O)(=O)C(F)(F)F)c3)cc2)CC1. The number of ketones is 1. The Morgan fingerprint density at radius 1 is 0.833 bits per heavy atom. The van der Waals surface area contributed by atoms with Crippen LogP contribution in [0.2, 0.25) is 5.02 Å². The van der Waals surface area contributed by atoms with E-state index in [0.29, 0.717) is 62.0 Å². The van der Waals surface area contributed by atoms with Crippen LogP contribution in [0.15, 0.2) is 136 Å². The van der Waals surface area contributed by atoms with E-state index < -0.39 is 46.5 Å². The van der Waals surface area contributed by atoms with Crippen LogP contribution in [-0.4, -0.2) is 109 Å². The van der Waals surface area contributed by atoms with Crippen LogP contribution in [0.4, 0.5) is 18.9 Å². The molecule has 66 heavy (non-hydrogen) atoms. The number of rotatable bonds is 18. The Morgan fingerprint density at radius 2 is 1.48 bits per heavy atom. The topological polar surface area (TPSA) is 104 Å². The Hall–Kier alpha value is -4.22. The predicted molar refractivity (Wildman–Crippen MR) is 257 cm³/mol. The number of carbonyl (C=O) groups is 1. The van der Waals surface area contributed by atoms with E-state index in [4.69, 9.17) is 16.3 Å². The number of carbonyl (C=O) groups excluding carboxylic acids is 1. The number of sulfone groups is 2. The molecule has 2 aliphatic heterocycles. The normalized spacial score (nSPS) is 16.6. The number of nitrogens with zero attached hydrogens (tertiary/aromatic N) is 3. The Kier molecular flexibility index (Phi) is 16.4. The van der Waals surface area contributed by atoms with Gasteiger partial charge in [-0.15, -0.1) is 11.8 Å². The lowest BCUT2D eigenvalue weighted by Crippen LogP contribution is -2.39. The summed E-state index contributed by atoms with van der Waals surface area (Å²) in [6, 6.07) is 35.5. The lowest BCUT2D eigenvalue weighted by Gasteiger charge is -2.40. The summed E-state index contributed by atoms with van der Waals surface area (Å²) in [6.07, 6.45) is 2.34. The smallest absolute Gasteiger partial charge is 0.379 e. The number of anilines is 1. The van der Waals surface area contributed by atoms with Gasteiger partial charge in [-0.1, -0.05) is 72.3 Å². The molecule has 2 atom stereocenters. The van der Waals surface area contributed by atoms with Gasteiger partial charge >= 0.3 is 5.51 Å². The van der Waals surface area contributed by atoms with Gasteiger partial charge in [0.05, 0.1) is 23.0 Å². The van der Waals surface area contributed by atoms with Gasteiger partial charge in [0, 0.05) is 59.1 Å². The summed E-state index contributed by atoms with van der Waals surface area (Å²) >= 11 is 7.71. The van der Waals surface area contributed by atoms with Gasteiger partial charge in [0.25, 0.3) is 9.84 Å². The summed E-state index contributed by atoms with van der Waals surface area (Å²) in [4.78, 5) is 19.4. The second kappa shape index (κ2) is 21.8. The molecule has 2 aliphatic rings. The van der Waals surface area contributed by atoms with Gasteiger partial charge in [-0.25, -0.2) is 16.8 Å². The molecule has 5 aromatic carbocycles. The van der Waals surface area contributed by atoms with Crippen molar-refractivity contribution in [3.05, 3.63) is 143 Å². The summed E-state index contributed by atoms with van der Waals surface area (Å²) in [7, 11) is -6.35. The zero-order chi connectivity index (χ0) is 47.1. The van der Waals surface area contributed by atoms with Crippen LogP contribution in [-0.2, 0) is 30.8 Å². The second-order valence-corrected chi connectivity index (χ2v) is 22.6. The molecule has 0 bridgehead atoms. The molecule has 0 aromatic heterocycles. The van der Waals surface area contributed by atoms with E-state index in [1.165, 1.54) is 17.3 Å². The number of Topliss-reactive ketones (excluding diaryl/α,β-unsaturated/α-hetero) is 1. The number of hydrogen-bond acceptors (Lipinski definition) is 10. The Bertz CT molecular complexity index is 2640. The van der Waals surface area contributed by atoms with Crippen molar-refractivity contribution in [3.63, 3.8) is 0 Å². The highest BCUT2D eigenvalue weighted by atomic mass is 35.5. The summed E-state index contributed by atoms with van der Waals surface area (Å²) in [5.74, 6) is -1.22. The van der Waals surface area contributed by atoms with E-state index in [9.17, 15) is 34.8 Å². The van der Waals surface area contributed by atoms with Gasteiger partial charge in [0.15, 0.2) is 15.6 Å². The first kappa shape index (κ1) is 49.7. The summed E-state index contributed by atoms with van der Waals surface area (Å²) in [6.45, 7) is 4.73. The van der Waals surface area contributed by atoms with Crippen molar-refractivity contribution < 1.29 is 39.5 Å². The minimum absolute atomic E-state index is 0.0351. The molecule has 0 unspecified atom stereocenters. The molecule has 0 spiro atoms. The monoisotopic (exact) mass is 981 g/mol. The summed E-state index contributed by atoms with van der Waals surface area (Å²) in [5, 5.41) is 0.682. The van der Waals surface area contributed by atoms with Crippen molar-refractivity contribution >= 4 is 54.5 Å². The minimum Gasteiger partial charge on any atom is -0.379 e. The molecule has 2 saturated heterocycles. The molecule has 352 valence electrons. The molecular weight excluding hydrogens is 927 g/mol. The molecule has 16 heteroatoms. The van der Waals surface area contributed by atoms with Gasteiger partial charge in [-0.3, -0.25) is 9.69 Å². The average molecular weight is 983 g/mol. The van der Waals surface area contributed by atoms with E-state index >= 15 is 0 Å². The minimum atomic E-state index is -5.97. The van der Waals surface area contributed by atoms with Crippen LogP contribution >= 0.6 is 23.4 Å². The number of piperidine rings is 1. The molecule has 0 aliphatic carbocycles. The molecule has 5 aromatic rings. The van der Waals surface area contributed by atoms with E-state index in [1.54, 1.807) is 24.3 Å². The fourth-order valence-corrected chi connectivity index (χ4v) is 12.6. The van der Waals surface area contributed by atoms with Crippen molar-refractivity contribution in [1.29, 1.82) is 0 Å². The van der Waals surface area contributed by atoms with Crippen molar-refractivity contribution in [2.45, 2.75) is 51.9 Å². The fraction of sp³-hybridized carbons (Fsp3) is 0.380. The molecule has 0 radical (unpaired) electrons. The first-order valence-electron chi connectivity index (χ1n) is 22.0. The summed E-state index contributed by atoms with van der Waals surface area (Å²) < 4.78 is 102. The van der Waals surface area contributed by atoms with Crippen molar-refractivity contribution in [3.8, 4) is 11.1 Å². The van der Waals surface area contributed by atoms with Crippen molar-refractivity contribution in [1.82, 2.24) is 9.80 Å². The third kappa shape index (κ3) is 12.3. The Labute approximate surface area is 396 Å². The van der Waals surface area contributed by atoms with Crippen LogP contribution in [0.5, 0.6) is 0 Å². The molecule has 0 N–H and O–H groups in total. The van der Waals surface area contributed by atoms with E-state index in [2.05, 4.69) is 47.0 Å². The average Bonchev–Trinajstić information content (AvgIpc) is 3.31. The largest absolute Gasteiger partial charge is 0.501 e. The Morgan fingerprint density at radius 3 is 2.14 bits per heavy atom. The summed E-state index contributed by atoms with van der Waals surface area (Å²) in [5.41, 5.74) is -1.32. The van der Waals surface area contributed by atoms with E-state index in [1.807, 2.05) is 60.7 Å². The van der Waals surface area contributed by atoms with Crippen molar-refractivity contribution in [2.24, 2.45) is 11.8 Å². The first-order chi connectivity index (χ1) is 31.5. The van der Waals surface area contributed by atoms with Gasteiger partial charge < -0.3 is 14.5 Å². The standard InChI is InChI=1S/C50H55ClF3N3O6S3/c1-55(2)49(46-11-7-6-10-45(46)37-12-17-41(51)18-13-37)39-23-26-57(27-24-39)42-19-14-38(15-20-42)47(58)35-65(59,60)44-21-16-40(48(33-44)66(61,62)50(52,53)54)32-36(22-25-56-28-30-63-31-29-56)34-64-43-8-4-3-5-9-43/h3-21,33,36,39,49H,22-32,34-35H2,1-2H3/t36-,49+/m0/s1. The number of benzene rings is 5. The third-order valence-electron chi connectivity index (χ3n) is 12.5. The zero-order valence-electron chi connectivity index (χ0n) is 37.0. The fourth-order valence-electron chi connectivity index (χ4n) is 9.02. The number of hydrogen-bond donors (Lipinski definition) is 0. The maximum Gasteiger partial charge on any atom is 0.501 e. The molecule has 0 saturated carbocycles. The quantitative estimate of drug-likeness (QED) is 0.0623. The Balaban J connectivity index is 1.04. The highest BCUT2D eigenvalue weighted by molar-refractivity contribution is 7.99. The number of halogens is 4. The first-order valence-corrected chi connectivity index (χ1v) is 26.5. The van der Waals surface area contributed by atoms with Crippen LogP contribution < -0.4 is 4.90 Å². The number of ether oxygens (including phenoxy) is 1. The third-order valence-corrected chi connectivity index (χ3v) is 17.2. The van der Waals surface area contributed by atoms with Gasteiger partial charge in [-0.05, 0) is 141 Å². The molecule has 7 rings (SSSR count). The molecule has 0 amide bonds. The highest BCUT2D eigenvalue weighted by Gasteiger charge is 2.48. The van der Waals surface area contributed by atoms with E-state index in [0.717, 1.165) is 59.8 Å². The van der Waals surface area contributed by atoms with Crippen molar-refractivity contribution in [2.75, 3.05) is 76.4 Å². The maximum absolute atomic E-state index is 14.2. The lowest BCUT2D eigenvalue weighted by molar-refractivity contribution is -0.0436. The van der Waals surface area contributed by atoms with Gasteiger partial charge in [-0.2, -0.15) is 13.2 Å². The van der Waals surface area contributed by atoms with Crippen LogP contribution in [0.1, 0.15) is 46.8 Å². The second-order valence-electron chi connectivity index (χ2n) is 17.2. The maximum atomic E-state index is 14.2. The molecule has 2 heterocycles. The van der Waals surface area contributed by atoms with Gasteiger partial charge in [0.1, 0.15) is 5.75 Å². The van der Waals surface area contributed by atoms with E-state index in [-0.39, 0.29) is 29.5 Å². The number of thioether (sulfide) groups is 1. The molecular formula is C50H55ClF3N3O6S3. The highest BCUT2D eigenvalue weighted by Crippen LogP contribution is 2.41. The zero-order valence-corrected chi connectivity index (χ0v) is 40.2. The number of morpholine rings is 1. The van der Waals surface area contributed by atoms with Crippen LogP contribution in [0.25, 0.3) is 11.1 Å². The van der Waals surface area contributed by atoms with Gasteiger partial charge in [0.2, 0.25) is 0 Å². The predicted octanol–water partition coefficient (Wildman–Crippen LogP) is 10.1. The lowest BCUT2D eigenvalue weighted by atomic mass is 9.81. The molecule has 2 fully saturated rings.